The number of nitrogens with zero attached hydrogens (tertiary/aromatic N) is 1. The first-order valence-electron chi connectivity index (χ1n) is 8.48. The van der Waals surface area contributed by atoms with E-state index in [-0.39, 0.29) is 22.6 Å². The van der Waals surface area contributed by atoms with Crippen molar-refractivity contribution in [3.8, 4) is 5.75 Å². The Morgan fingerprint density at radius 3 is 2.40 bits per heavy atom. The summed E-state index contributed by atoms with van der Waals surface area (Å²) in [6, 6.07) is 15.0. The predicted molar refractivity (Wildman–Crippen MR) is 102 cm³/mol. The minimum Gasteiger partial charge on any atom is -0.507 e. The number of amides is 1. The van der Waals surface area contributed by atoms with Crippen molar-refractivity contribution in [1.82, 2.24) is 5.43 Å². The zero-order chi connectivity index (χ0) is 18.4. The van der Waals surface area contributed by atoms with Gasteiger partial charge in [0.2, 0.25) is 0 Å². The number of benzene rings is 2. The van der Waals surface area contributed by atoms with E-state index in [1.807, 2.05) is 6.92 Å². The lowest BCUT2D eigenvalue weighted by Crippen LogP contribution is -2.18. The number of carbonyl (C=O) groups excluding carboxylic acids is 1. The summed E-state index contributed by atoms with van der Waals surface area (Å²) < 4.78 is 0. The van der Waals surface area contributed by atoms with Crippen LogP contribution in [0, 0.1) is 5.92 Å². The Morgan fingerprint density at radius 1 is 1.16 bits per heavy atom. The number of rotatable bonds is 5. The van der Waals surface area contributed by atoms with E-state index in [0.717, 1.165) is 6.42 Å². The number of hydrazone groups is 1. The molecule has 0 unspecified atom stereocenters. The summed E-state index contributed by atoms with van der Waals surface area (Å²) in [5.74, 6) is -0.288. The van der Waals surface area contributed by atoms with Gasteiger partial charge in [-0.2, -0.15) is 5.10 Å². The van der Waals surface area contributed by atoms with Crippen molar-refractivity contribution >= 4 is 12.1 Å². The number of carbonyl (C=O) groups is 1. The van der Waals surface area contributed by atoms with Crippen molar-refractivity contribution in [3.05, 3.63) is 65.2 Å². The molecule has 0 fully saturated rings. The van der Waals surface area contributed by atoms with Gasteiger partial charge in [-0.3, -0.25) is 4.79 Å². The molecule has 132 valence electrons. The SMILES string of the molecule is C[C@H](/C=N\NC(=O)c1ccccc1O)Cc1ccc(C(C)(C)C)cc1. The number of hydrogen-bond donors (Lipinski definition) is 2. The molecular formula is C21H26N2O2. The summed E-state index contributed by atoms with van der Waals surface area (Å²) in [5.41, 5.74) is 5.37. The van der Waals surface area contributed by atoms with Gasteiger partial charge < -0.3 is 5.11 Å². The standard InChI is InChI=1S/C21H26N2O2/c1-15(13-16-9-11-17(12-10-16)21(2,3)4)14-22-23-20(25)18-7-5-6-8-19(18)24/h5-12,14-15,24H,13H2,1-4H3,(H,23,25)/b22-14-/t15-/m0/s1. The monoisotopic (exact) mass is 338 g/mol. The lowest BCUT2D eigenvalue weighted by molar-refractivity contribution is 0.0952. The van der Waals surface area contributed by atoms with Crippen molar-refractivity contribution in [1.29, 1.82) is 0 Å². The Kier molecular flexibility index (Phi) is 5.97. The predicted octanol–water partition coefficient (Wildman–Crippen LogP) is 4.28. The van der Waals surface area contributed by atoms with Gasteiger partial charge in [0.15, 0.2) is 0 Å². The van der Waals surface area contributed by atoms with Crippen LogP contribution in [-0.4, -0.2) is 17.2 Å². The van der Waals surface area contributed by atoms with E-state index in [0.29, 0.717) is 0 Å². The Labute approximate surface area is 149 Å². The Morgan fingerprint density at radius 2 is 1.80 bits per heavy atom. The average Bonchev–Trinajstić information content (AvgIpc) is 2.54. The summed E-state index contributed by atoms with van der Waals surface area (Å²) in [5, 5.41) is 13.7. The fraction of sp³-hybridized carbons (Fsp3) is 0.333. The molecule has 4 nitrogen and oxygen atoms in total. The number of phenols is 1. The quantitative estimate of drug-likeness (QED) is 0.631. The van der Waals surface area contributed by atoms with Crippen LogP contribution < -0.4 is 5.43 Å². The molecule has 0 radical (unpaired) electrons. The number of phenolic OH excluding ortho intramolecular Hbond substituents is 1. The molecule has 2 N–H and O–H groups in total. The third-order valence-corrected chi connectivity index (χ3v) is 4.02. The van der Waals surface area contributed by atoms with E-state index >= 15 is 0 Å². The molecule has 0 aliphatic carbocycles. The minimum absolute atomic E-state index is 0.0535. The second-order valence-corrected chi connectivity index (χ2v) is 7.36. The summed E-state index contributed by atoms with van der Waals surface area (Å²) >= 11 is 0. The molecule has 0 aromatic heterocycles. The van der Waals surface area contributed by atoms with Crippen LogP contribution in [0.5, 0.6) is 5.75 Å². The molecule has 0 saturated heterocycles. The fourth-order valence-corrected chi connectivity index (χ4v) is 2.51. The summed E-state index contributed by atoms with van der Waals surface area (Å²) in [4.78, 5) is 12.0. The smallest absolute Gasteiger partial charge is 0.275 e. The first-order valence-corrected chi connectivity index (χ1v) is 8.48. The number of aromatic hydroxyl groups is 1. The first-order chi connectivity index (χ1) is 11.8. The van der Waals surface area contributed by atoms with Crippen LogP contribution in [0.1, 0.15) is 49.2 Å². The van der Waals surface area contributed by atoms with E-state index in [1.54, 1.807) is 24.4 Å². The normalized spacial score (nSPS) is 13.0. The molecule has 1 amide bonds. The van der Waals surface area contributed by atoms with E-state index in [1.165, 1.54) is 17.2 Å². The highest BCUT2D eigenvalue weighted by Crippen LogP contribution is 2.22. The van der Waals surface area contributed by atoms with Crippen LogP contribution in [0.2, 0.25) is 0 Å². The van der Waals surface area contributed by atoms with Crippen LogP contribution >= 0.6 is 0 Å². The lowest BCUT2D eigenvalue weighted by Gasteiger charge is -2.19. The van der Waals surface area contributed by atoms with Crippen LogP contribution in [-0.2, 0) is 11.8 Å². The largest absolute Gasteiger partial charge is 0.507 e. The highest BCUT2D eigenvalue weighted by molar-refractivity contribution is 5.96. The third-order valence-electron chi connectivity index (χ3n) is 4.02. The molecule has 25 heavy (non-hydrogen) atoms. The van der Waals surface area contributed by atoms with Gasteiger partial charge in [-0.1, -0.05) is 64.1 Å². The zero-order valence-corrected chi connectivity index (χ0v) is 15.3. The van der Waals surface area contributed by atoms with Crippen molar-refractivity contribution in [3.63, 3.8) is 0 Å². The van der Waals surface area contributed by atoms with Gasteiger partial charge in [0.1, 0.15) is 5.75 Å². The summed E-state index contributed by atoms with van der Waals surface area (Å²) in [6.45, 7) is 8.65. The maximum absolute atomic E-state index is 12.0. The Balaban J connectivity index is 1.89. The molecule has 0 saturated carbocycles. The second kappa shape index (κ2) is 7.97. The second-order valence-electron chi connectivity index (χ2n) is 7.36. The van der Waals surface area contributed by atoms with E-state index in [4.69, 9.17) is 0 Å². The van der Waals surface area contributed by atoms with Crippen LogP contribution in [0.25, 0.3) is 0 Å². The molecule has 1 atom stereocenters. The molecule has 0 aliphatic rings. The van der Waals surface area contributed by atoms with E-state index in [2.05, 4.69) is 55.6 Å². The fourth-order valence-electron chi connectivity index (χ4n) is 2.51. The van der Waals surface area contributed by atoms with Crippen molar-refractivity contribution in [2.75, 3.05) is 0 Å². The van der Waals surface area contributed by atoms with Gasteiger partial charge in [-0.25, -0.2) is 5.43 Å². The third kappa shape index (κ3) is 5.45. The molecule has 2 aromatic carbocycles. The number of hydrogen-bond acceptors (Lipinski definition) is 3. The molecule has 2 aromatic rings. The van der Waals surface area contributed by atoms with Gasteiger partial charge in [0, 0.05) is 6.21 Å². The number of nitrogens with one attached hydrogen (secondary N) is 1. The number of para-hydroxylation sites is 1. The Bertz CT molecular complexity index is 743. The molecular weight excluding hydrogens is 312 g/mol. The van der Waals surface area contributed by atoms with Gasteiger partial charge in [-0.15, -0.1) is 0 Å². The van der Waals surface area contributed by atoms with Crippen molar-refractivity contribution in [2.24, 2.45) is 11.0 Å². The molecule has 4 heteroatoms. The molecule has 0 bridgehead atoms. The van der Waals surface area contributed by atoms with Gasteiger partial charge in [0.05, 0.1) is 5.56 Å². The van der Waals surface area contributed by atoms with Crippen LogP contribution in [0.3, 0.4) is 0 Å². The van der Waals surface area contributed by atoms with E-state index in [9.17, 15) is 9.90 Å². The maximum atomic E-state index is 12.0. The molecule has 0 heterocycles. The lowest BCUT2D eigenvalue weighted by atomic mass is 9.86. The molecule has 0 aliphatic heterocycles. The highest BCUT2D eigenvalue weighted by atomic mass is 16.3. The minimum atomic E-state index is -0.420. The van der Waals surface area contributed by atoms with Crippen molar-refractivity contribution < 1.29 is 9.90 Å². The van der Waals surface area contributed by atoms with Gasteiger partial charge in [0.25, 0.3) is 5.91 Å². The van der Waals surface area contributed by atoms with Gasteiger partial charge >= 0.3 is 0 Å². The molecule has 0 spiro atoms. The summed E-state index contributed by atoms with van der Waals surface area (Å²) in [6.07, 6.45) is 2.57. The van der Waals surface area contributed by atoms with Crippen molar-refractivity contribution in [2.45, 2.75) is 39.5 Å². The highest BCUT2D eigenvalue weighted by Gasteiger charge is 2.13. The summed E-state index contributed by atoms with van der Waals surface area (Å²) in [7, 11) is 0. The Hall–Kier alpha value is -2.62. The first kappa shape index (κ1) is 18.7. The average molecular weight is 338 g/mol. The zero-order valence-electron chi connectivity index (χ0n) is 15.3. The molecule has 2 rings (SSSR count). The van der Waals surface area contributed by atoms with Gasteiger partial charge in [-0.05, 0) is 41.0 Å². The maximum Gasteiger partial charge on any atom is 0.275 e. The van der Waals surface area contributed by atoms with Crippen LogP contribution in [0.4, 0.5) is 0 Å². The van der Waals surface area contributed by atoms with E-state index < -0.39 is 5.91 Å². The van der Waals surface area contributed by atoms with Crippen LogP contribution in [0.15, 0.2) is 53.6 Å². The topological polar surface area (TPSA) is 61.7 Å².